The number of nitrogens with zero attached hydrogens (tertiary/aromatic N) is 3. The number of fused-ring (bicyclic) bond motifs is 2. The molecular weight excluding hydrogens is 388 g/mol. The molecule has 0 unspecified atom stereocenters. The van der Waals surface area contributed by atoms with E-state index in [4.69, 9.17) is 0 Å². The van der Waals surface area contributed by atoms with Crippen molar-refractivity contribution in [3.8, 4) is 22.5 Å². The van der Waals surface area contributed by atoms with Crippen LogP contribution in [0.5, 0.6) is 0 Å². The summed E-state index contributed by atoms with van der Waals surface area (Å²) in [5, 5.41) is 11.6. The van der Waals surface area contributed by atoms with Gasteiger partial charge in [0.1, 0.15) is 5.69 Å². The number of aromatic nitrogens is 5. The normalized spacial score (nSPS) is 11.8. The molecule has 0 atom stereocenters. The number of aromatic amines is 2. The van der Waals surface area contributed by atoms with E-state index < -0.39 is 5.41 Å². The minimum Gasteiger partial charge on any atom is -0.352 e. The third-order valence-electron chi connectivity index (χ3n) is 5.22. The van der Waals surface area contributed by atoms with E-state index in [1.165, 1.54) is 0 Å². The summed E-state index contributed by atoms with van der Waals surface area (Å²) in [5.74, 6) is -0.0496. The van der Waals surface area contributed by atoms with Crippen molar-refractivity contribution in [2.75, 3.05) is 5.32 Å². The number of carbonyl (C=O) groups is 1. The summed E-state index contributed by atoms with van der Waals surface area (Å²) in [5.41, 5.74) is 6.65. The van der Waals surface area contributed by atoms with Crippen molar-refractivity contribution in [1.82, 2.24) is 25.1 Å². The zero-order valence-electron chi connectivity index (χ0n) is 17.5. The van der Waals surface area contributed by atoms with Crippen LogP contribution in [0.15, 0.2) is 61.1 Å². The van der Waals surface area contributed by atoms with Crippen molar-refractivity contribution in [3.05, 3.63) is 61.1 Å². The predicted molar refractivity (Wildman–Crippen MR) is 122 cm³/mol. The summed E-state index contributed by atoms with van der Waals surface area (Å²) in [6.07, 6.45) is 5.23. The lowest BCUT2D eigenvalue weighted by Crippen LogP contribution is -2.27. The molecule has 31 heavy (non-hydrogen) atoms. The Balaban J connectivity index is 1.54. The fourth-order valence-electron chi connectivity index (χ4n) is 3.47. The molecule has 0 aliphatic carbocycles. The number of H-pyrrole nitrogens is 2. The maximum absolute atomic E-state index is 12.3. The van der Waals surface area contributed by atoms with E-state index in [1.807, 2.05) is 57.2 Å². The molecule has 0 bridgehead atoms. The summed E-state index contributed by atoms with van der Waals surface area (Å²) in [4.78, 5) is 24.4. The minimum absolute atomic E-state index is 0.0496. The van der Waals surface area contributed by atoms with Crippen molar-refractivity contribution in [2.45, 2.75) is 20.8 Å². The van der Waals surface area contributed by atoms with Crippen molar-refractivity contribution in [3.63, 3.8) is 0 Å². The molecule has 0 saturated heterocycles. The SMILES string of the molecule is CC(C)(C)C(=O)Nc1cncc(-c2ccc3[nH]nc(-c4cc5ncccc5[nH]4)c3c2)c1. The average molecular weight is 410 g/mol. The monoisotopic (exact) mass is 410 g/mol. The third kappa shape index (κ3) is 3.54. The van der Waals surface area contributed by atoms with Crippen molar-refractivity contribution < 1.29 is 4.79 Å². The number of amides is 1. The topological polar surface area (TPSA) is 99.3 Å². The predicted octanol–water partition coefficient (Wildman–Crippen LogP) is 5.15. The average Bonchev–Trinajstić information content (AvgIpc) is 3.36. The first kappa shape index (κ1) is 19.0. The Bertz CT molecular complexity index is 1390. The first-order chi connectivity index (χ1) is 14.9. The fraction of sp³-hybridized carbons (Fsp3) is 0.167. The lowest BCUT2D eigenvalue weighted by atomic mass is 9.95. The van der Waals surface area contributed by atoms with Gasteiger partial charge >= 0.3 is 0 Å². The van der Waals surface area contributed by atoms with Gasteiger partial charge in [-0.3, -0.25) is 19.9 Å². The second-order valence-electron chi connectivity index (χ2n) is 8.62. The second-order valence-corrected chi connectivity index (χ2v) is 8.62. The first-order valence-electron chi connectivity index (χ1n) is 10.1. The van der Waals surface area contributed by atoms with Gasteiger partial charge in [0, 0.05) is 28.8 Å². The van der Waals surface area contributed by atoms with E-state index in [0.29, 0.717) is 5.69 Å². The zero-order valence-corrected chi connectivity index (χ0v) is 17.5. The van der Waals surface area contributed by atoms with Gasteiger partial charge in [-0.25, -0.2) is 0 Å². The number of anilines is 1. The molecule has 7 heteroatoms. The summed E-state index contributed by atoms with van der Waals surface area (Å²) in [7, 11) is 0. The minimum atomic E-state index is -0.477. The highest BCUT2D eigenvalue weighted by Gasteiger charge is 2.21. The van der Waals surface area contributed by atoms with Crippen LogP contribution in [0.3, 0.4) is 0 Å². The Morgan fingerprint density at radius 1 is 1.00 bits per heavy atom. The van der Waals surface area contributed by atoms with E-state index in [-0.39, 0.29) is 5.91 Å². The Morgan fingerprint density at radius 2 is 1.87 bits per heavy atom. The largest absolute Gasteiger partial charge is 0.352 e. The molecule has 7 nitrogen and oxygen atoms in total. The van der Waals surface area contributed by atoms with Gasteiger partial charge in [0.05, 0.1) is 34.1 Å². The van der Waals surface area contributed by atoms with Gasteiger partial charge in [-0.05, 0) is 42.0 Å². The standard InChI is InChI=1S/C24H22N6O/c1-24(2,3)23(31)27-16-9-15(12-25-13-16)14-6-7-18-17(10-14)22(30-29-18)21-11-20-19(28-21)5-4-8-26-20/h4-13,28H,1-3H3,(H,27,31)(H,29,30). The highest BCUT2D eigenvalue weighted by Crippen LogP contribution is 2.32. The zero-order chi connectivity index (χ0) is 21.6. The van der Waals surface area contributed by atoms with Crippen LogP contribution < -0.4 is 5.32 Å². The highest BCUT2D eigenvalue weighted by atomic mass is 16.2. The Labute approximate surface area is 178 Å². The molecule has 1 amide bonds. The molecule has 0 saturated carbocycles. The maximum atomic E-state index is 12.3. The molecular formula is C24H22N6O. The number of benzene rings is 1. The molecule has 0 fully saturated rings. The van der Waals surface area contributed by atoms with Crippen molar-refractivity contribution >= 4 is 33.5 Å². The van der Waals surface area contributed by atoms with E-state index in [1.54, 1.807) is 18.6 Å². The van der Waals surface area contributed by atoms with Gasteiger partial charge in [-0.2, -0.15) is 5.10 Å². The van der Waals surface area contributed by atoms with Gasteiger partial charge in [0.15, 0.2) is 0 Å². The summed E-state index contributed by atoms with van der Waals surface area (Å²) in [6, 6.07) is 13.9. The molecule has 4 aromatic heterocycles. The lowest BCUT2D eigenvalue weighted by molar-refractivity contribution is -0.123. The maximum Gasteiger partial charge on any atom is 0.229 e. The van der Waals surface area contributed by atoms with Crippen LogP contribution in [0.2, 0.25) is 0 Å². The molecule has 1 aromatic carbocycles. The third-order valence-corrected chi connectivity index (χ3v) is 5.22. The smallest absolute Gasteiger partial charge is 0.229 e. The lowest BCUT2D eigenvalue weighted by Gasteiger charge is -2.17. The number of pyridine rings is 2. The number of hydrogen-bond acceptors (Lipinski definition) is 4. The van der Waals surface area contributed by atoms with Crippen LogP contribution in [0.1, 0.15) is 20.8 Å². The number of carbonyl (C=O) groups excluding carboxylic acids is 1. The molecule has 0 aliphatic heterocycles. The summed E-state index contributed by atoms with van der Waals surface area (Å²) in [6.45, 7) is 5.65. The number of rotatable bonds is 3. The van der Waals surface area contributed by atoms with E-state index in [9.17, 15) is 4.79 Å². The fourth-order valence-corrected chi connectivity index (χ4v) is 3.47. The van der Waals surface area contributed by atoms with Crippen LogP contribution in [0, 0.1) is 5.41 Å². The van der Waals surface area contributed by atoms with Crippen molar-refractivity contribution in [2.24, 2.45) is 5.41 Å². The summed E-state index contributed by atoms with van der Waals surface area (Å²) < 4.78 is 0. The van der Waals surface area contributed by atoms with E-state index in [0.717, 1.165) is 44.5 Å². The molecule has 5 rings (SSSR count). The van der Waals surface area contributed by atoms with E-state index >= 15 is 0 Å². The Kier molecular flexibility index (Phi) is 4.32. The summed E-state index contributed by atoms with van der Waals surface area (Å²) >= 11 is 0. The molecule has 0 spiro atoms. The van der Waals surface area contributed by atoms with Crippen LogP contribution in [-0.4, -0.2) is 31.1 Å². The van der Waals surface area contributed by atoms with Gasteiger partial charge in [-0.1, -0.05) is 26.8 Å². The molecule has 5 aromatic rings. The molecule has 154 valence electrons. The van der Waals surface area contributed by atoms with Crippen LogP contribution >= 0.6 is 0 Å². The molecule has 0 aliphatic rings. The van der Waals surface area contributed by atoms with Gasteiger partial charge in [0.25, 0.3) is 0 Å². The molecule has 3 N–H and O–H groups in total. The molecule has 0 radical (unpaired) electrons. The quantitative estimate of drug-likeness (QED) is 0.383. The van der Waals surface area contributed by atoms with E-state index in [2.05, 4.69) is 36.5 Å². The second kappa shape index (κ2) is 7.05. The first-order valence-corrected chi connectivity index (χ1v) is 10.1. The van der Waals surface area contributed by atoms with Crippen molar-refractivity contribution in [1.29, 1.82) is 0 Å². The van der Waals surface area contributed by atoms with Crippen LogP contribution in [0.25, 0.3) is 44.5 Å². The van der Waals surface area contributed by atoms with Gasteiger partial charge < -0.3 is 10.3 Å². The number of nitrogens with one attached hydrogen (secondary N) is 3. The molecule has 4 heterocycles. The van der Waals surface area contributed by atoms with Crippen LogP contribution in [0.4, 0.5) is 5.69 Å². The van der Waals surface area contributed by atoms with Crippen LogP contribution in [-0.2, 0) is 4.79 Å². The highest BCUT2D eigenvalue weighted by molar-refractivity contribution is 5.98. The Morgan fingerprint density at radius 3 is 2.68 bits per heavy atom. The Hall–Kier alpha value is -4.00. The van der Waals surface area contributed by atoms with Gasteiger partial charge in [0.2, 0.25) is 5.91 Å². The number of hydrogen-bond donors (Lipinski definition) is 3. The van der Waals surface area contributed by atoms with Gasteiger partial charge in [-0.15, -0.1) is 0 Å².